The molecule has 2 nitrogen and oxygen atoms in total. The van der Waals surface area contributed by atoms with Gasteiger partial charge >= 0.3 is 0 Å². The van der Waals surface area contributed by atoms with Crippen molar-refractivity contribution in [2.75, 3.05) is 6.54 Å². The highest BCUT2D eigenvalue weighted by molar-refractivity contribution is 6.30. The molecule has 2 N–H and O–H groups in total. The number of hydrogen-bond acceptors (Lipinski definition) is 2. The summed E-state index contributed by atoms with van der Waals surface area (Å²) in [6, 6.07) is 12.4. The normalized spacial score (nSPS) is 10.5. The minimum absolute atomic E-state index is 0.118. The summed E-state index contributed by atoms with van der Waals surface area (Å²) in [5, 5.41) is 0.118. The number of ether oxygens (including phenoxy) is 1. The second kappa shape index (κ2) is 6.55. The van der Waals surface area contributed by atoms with Crippen molar-refractivity contribution in [3.63, 3.8) is 0 Å². The second-order valence-corrected chi connectivity index (χ2v) is 4.59. The van der Waals surface area contributed by atoms with Crippen LogP contribution in [-0.4, -0.2) is 6.54 Å². The Hall–Kier alpha value is -1.58. The first-order valence-electron chi connectivity index (χ1n) is 6.05. The Morgan fingerprint density at radius 2 is 1.95 bits per heavy atom. The molecule has 0 amide bonds. The van der Waals surface area contributed by atoms with Gasteiger partial charge in [0.1, 0.15) is 18.2 Å². The van der Waals surface area contributed by atoms with Gasteiger partial charge in [-0.05, 0) is 42.3 Å². The van der Waals surface area contributed by atoms with Gasteiger partial charge in [0.25, 0.3) is 0 Å². The predicted octanol–water partition coefficient (Wildman–Crippen LogP) is 3.56. The van der Waals surface area contributed by atoms with Crippen LogP contribution in [0.5, 0.6) is 5.75 Å². The molecule has 0 aromatic heterocycles. The first-order valence-corrected chi connectivity index (χ1v) is 6.43. The van der Waals surface area contributed by atoms with Crippen LogP contribution < -0.4 is 10.5 Å². The molecule has 100 valence electrons. The van der Waals surface area contributed by atoms with Crippen molar-refractivity contribution in [3.8, 4) is 5.75 Å². The molecule has 0 heterocycles. The Morgan fingerprint density at radius 1 is 1.16 bits per heavy atom. The monoisotopic (exact) mass is 279 g/mol. The number of nitrogens with two attached hydrogens (primary N) is 1. The molecule has 0 aliphatic carbocycles. The highest BCUT2D eigenvalue weighted by atomic mass is 35.5. The van der Waals surface area contributed by atoms with Gasteiger partial charge in [-0.2, -0.15) is 0 Å². The van der Waals surface area contributed by atoms with Crippen LogP contribution in [0.15, 0.2) is 42.5 Å². The van der Waals surface area contributed by atoms with Crippen molar-refractivity contribution in [2.45, 2.75) is 13.0 Å². The van der Waals surface area contributed by atoms with Crippen molar-refractivity contribution >= 4 is 11.6 Å². The molecule has 19 heavy (non-hydrogen) atoms. The van der Waals surface area contributed by atoms with Crippen molar-refractivity contribution in [1.82, 2.24) is 0 Å². The van der Waals surface area contributed by atoms with E-state index >= 15 is 0 Å². The Kier molecular flexibility index (Phi) is 4.77. The predicted molar refractivity (Wildman–Crippen MR) is 74.9 cm³/mol. The number of para-hydroxylation sites is 1. The van der Waals surface area contributed by atoms with E-state index in [1.807, 2.05) is 24.3 Å². The molecular weight excluding hydrogens is 265 g/mol. The SMILES string of the molecule is NCCc1ccccc1OCc1ccc(Cl)c(F)c1. The lowest BCUT2D eigenvalue weighted by molar-refractivity contribution is 0.302. The molecule has 0 radical (unpaired) electrons. The summed E-state index contributed by atoms with van der Waals surface area (Å²) in [4.78, 5) is 0. The van der Waals surface area contributed by atoms with Gasteiger partial charge in [-0.25, -0.2) is 4.39 Å². The highest BCUT2D eigenvalue weighted by Crippen LogP contribution is 2.21. The maximum absolute atomic E-state index is 13.3. The average molecular weight is 280 g/mol. The lowest BCUT2D eigenvalue weighted by atomic mass is 10.1. The molecule has 0 unspecified atom stereocenters. The Labute approximate surface area is 117 Å². The lowest BCUT2D eigenvalue weighted by Gasteiger charge is -2.11. The van der Waals surface area contributed by atoms with E-state index in [0.29, 0.717) is 13.2 Å². The number of halogens is 2. The quantitative estimate of drug-likeness (QED) is 0.908. The zero-order chi connectivity index (χ0) is 13.7. The smallest absolute Gasteiger partial charge is 0.142 e. The van der Waals surface area contributed by atoms with E-state index in [4.69, 9.17) is 22.1 Å². The molecule has 0 saturated carbocycles. The van der Waals surface area contributed by atoms with Crippen LogP contribution in [0.3, 0.4) is 0 Å². The van der Waals surface area contributed by atoms with Gasteiger partial charge in [0.2, 0.25) is 0 Å². The van der Waals surface area contributed by atoms with Crippen molar-refractivity contribution in [2.24, 2.45) is 5.73 Å². The maximum Gasteiger partial charge on any atom is 0.142 e. The van der Waals surface area contributed by atoms with E-state index in [0.717, 1.165) is 23.3 Å². The molecule has 0 bridgehead atoms. The highest BCUT2D eigenvalue weighted by Gasteiger charge is 2.04. The summed E-state index contributed by atoms with van der Waals surface area (Å²) in [6.07, 6.45) is 0.755. The van der Waals surface area contributed by atoms with Gasteiger partial charge in [-0.15, -0.1) is 0 Å². The van der Waals surface area contributed by atoms with Gasteiger partial charge in [-0.1, -0.05) is 35.9 Å². The third-order valence-electron chi connectivity index (χ3n) is 2.76. The van der Waals surface area contributed by atoms with Crippen molar-refractivity contribution < 1.29 is 9.13 Å². The van der Waals surface area contributed by atoms with E-state index in [1.165, 1.54) is 12.1 Å². The van der Waals surface area contributed by atoms with Crippen LogP contribution in [0.25, 0.3) is 0 Å². The van der Waals surface area contributed by atoms with Gasteiger partial charge in [0.05, 0.1) is 5.02 Å². The Balaban J connectivity index is 2.07. The minimum atomic E-state index is -0.432. The fourth-order valence-corrected chi connectivity index (χ4v) is 1.91. The maximum atomic E-state index is 13.3. The third kappa shape index (κ3) is 3.69. The van der Waals surface area contributed by atoms with Crippen molar-refractivity contribution in [1.29, 1.82) is 0 Å². The van der Waals surface area contributed by atoms with E-state index < -0.39 is 5.82 Å². The van der Waals surface area contributed by atoms with Crippen LogP contribution in [0, 0.1) is 5.82 Å². The molecule has 0 spiro atoms. The Bertz CT molecular complexity index is 560. The summed E-state index contributed by atoms with van der Waals surface area (Å²) < 4.78 is 19.0. The van der Waals surface area contributed by atoms with Gasteiger partial charge < -0.3 is 10.5 Å². The second-order valence-electron chi connectivity index (χ2n) is 4.18. The fraction of sp³-hybridized carbons (Fsp3) is 0.200. The average Bonchev–Trinajstić information content (AvgIpc) is 2.42. The van der Waals surface area contributed by atoms with E-state index in [1.54, 1.807) is 6.07 Å². The summed E-state index contributed by atoms with van der Waals surface area (Å²) >= 11 is 5.63. The Morgan fingerprint density at radius 3 is 2.68 bits per heavy atom. The van der Waals surface area contributed by atoms with E-state index in [-0.39, 0.29) is 5.02 Å². The summed E-state index contributed by atoms with van der Waals surface area (Å²) in [5.74, 6) is 0.348. The fourth-order valence-electron chi connectivity index (χ4n) is 1.80. The molecule has 0 fully saturated rings. The van der Waals surface area contributed by atoms with Crippen molar-refractivity contribution in [3.05, 3.63) is 64.4 Å². The topological polar surface area (TPSA) is 35.2 Å². The molecule has 0 aliphatic heterocycles. The first-order chi connectivity index (χ1) is 9.20. The lowest BCUT2D eigenvalue weighted by Crippen LogP contribution is -2.05. The number of benzene rings is 2. The molecule has 0 aliphatic rings. The summed E-state index contributed by atoms with van der Waals surface area (Å²) in [5.41, 5.74) is 7.35. The first kappa shape index (κ1) is 13.8. The van der Waals surface area contributed by atoms with Gasteiger partial charge in [-0.3, -0.25) is 0 Å². The van der Waals surface area contributed by atoms with E-state index in [9.17, 15) is 4.39 Å². The van der Waals surface area contributed by atoms with Crippen LogP contribution in [-0.2, 0) is 13.0 Å². The zero-order valence-electron chi connectivity index (χ0n) is 10.4. The number of hydrogen-bond donors (Lipinski definition) is 1. The molecule has 2 aromatic rings. The standard InChI is InChI=1S/C15H15ClFNO/c16-13-6-5-11(9-14(13)17)10-19-15-4-2-1-3-12(15)7-8-18/h1-6,9H,7-8,10,18H2. The molecule has 2 rings (SSSR count). The molecule has 2 aromatic carbocycles. The van der Waals surface area contributed by atoms with Crippen LogP contribution in [0.4, 0.5) is 4.39 Å². The number of rotatable bonds is 5. The van der Waals surface area contributed by atoms with E-state index in [2.05, 4.69) is 0 Å². The molecule has 0 saturated heterocycles. The van der Waals surface area contributed by atoms with Gasteiger partial charge in [0.15, 0.2) is 0 Å². The third-order valence-corrected chi connectivity index (χ3v) is 3.07. The summed E-state index contributed by atoms with van der Waals surface area (Å²) in [7, 11) is 0. The molecular formula is C15H15ClFNO. The molecule has 0 atom stereocenters. The largest absolute Gasteiger partial charge is 0.489 e. The van der Waals surface area contributed by atoms with Crippen LogP contribution >= 0.6 is 11.6 Å². The molecule has 4 heteroatoms. The zero-order valence-corrected chi connectivity index (χ0v) is 11.2. The summed E-state index contributed by atoms with van der Waals surface area (Å²) in [6.45, 7) is 0.867. The minimum Gasteiger partial charge on any atom is -0.489 e. The van der Waals surface area contributed by atoms with Gasteiger partial charge in [0, 0.05) is 0 Å². The van der Waals surface area contributed by atoms with Crippen LogP contribution in [0.1, 0.15) is 11.1 Å². The van der Waals surface area contributed by atoms with Crippen LogP contribution in [0.2, 0.25) is 5.02 Å².